The van der Waals surface area contributed by atoms with Gasteiger partial charge in [-0.05, 0) is 36.2 Å². The highest BCUT2D eigenvalue weighted by Crippen LogP contribution is 2.28. The molecule has 2 aromatic rings. The van der Waals surface area contributed by atoms with E-state index in [1.54, 1.807) is 24.3 Å². The highest BCUT2D eigenvalue weighted by atomic mass is 19.1. The van der Waals surface area contributed by atoms with Gasteiger partial charge in [-0.15, -0.1) is 0 Å². The first kappa shape index (κ1) is 17.2. The largest absolute Gasteiger partial charge is 0.476 e. The molecule has 7 heteroatoms. The molecule has 0 heterocycles. The van der Waals surface area contributed by atoms with Gasteiger partial charge in [0.2, 0.25) is 5.82 Å². The second-order valence-electron chi connectivity index (χ2n) is 5.04. The minimum atomic E-state index is -0.887. The Morgan fingerprint density at radius 2 is 2.12 bits per heavy atom. The van der Waals surface area contributed by atoms with Crippen LogP contribution in [0.5, 0.6) is 5.75 Å². The van der Waals surface area contributed by atoms with E-state index < -0.39 is 22.5 Å². The van der Waals surface area contributed by atoms with Crippen molar-refractivity contribution in [2.45, 2.75) is 26.0 Å². The lowest BCUT2D eigenvalue weighted by Crippen LogP contribution is -2.12. The molecule has 2 rings (SSSR count). The van der Waals surface area contributed by atoms with Crippen LogP contribution >= 0.6 is 0 Å². The van der Waals surface area contributed by atoms with E-state index in [0.717, 1.165) is 11.6 Å². The summed E-state index contributed by atoms with van der Waals surface area (Å²) in [5, 5.41) is 22.8. The molecule has 1 unspecified atom stereocenters. The van der Waals surface area contributed by atoms with Crippen molar-refractivity contribution in [3.63, 3.8) is 0 Å². The third-order valence-electron chi connectivity index (χ3n) is 3.34. The molecule has 0 bridgehead atoms. The minimum Gasteiger partial charge on any atom is -0.476 e. The van der Waals surface area contributed by atoms with Crippen LogP contribution in [0.3, 0.4) is 0 Å². The van der Waals surface area contributed by atoms with Crippen molar-refractivity contribution in [1.82, 2.24) is 0 Å². The summed E-state index contributed by atoms with van der Waals surface area (Å²) in [5.41, 5.74) is 0.314. The Balaban J connectivity index is 2.12. The van der Waals surface area contributed by atoms with Crippen molar-refractivity contribution in [2.24, 2.45) is 0 Å². The first-order chi connectivity index (χ1) is 11.5. The van der Waals surface area contributed by atoms with E-state index in [0.29, 0.717) is 12.2 Å². The number of benzene rings is 2. The molecule has 0 aliphatic heterocycles. The van der Waals surface area contributed by atoms with E-state index in [9.17, 15) is 14.5 Å². The fraction of sp³-hybridized carbons (Fsp3) is 0.235. The Morgan fingerprint density at radius 3 is 2.79 bits per heavy atom. The SMILES string of the molecule is CCC(C#N)Oc1cccc(CNc2cccc(F)c2[N+](=O)[O-])c1. The molecule has 0 aliphatic rings. The van der Waals surface area contributed by atoms with E-state index in [4.69, 9.17) is 10.00 Å². The van der Waals surface area contributed by atoms with Crippen molar-refractivity contribution in [2.75, 3.05) is 5.32 Å². The highest BCUT2D eigenvalue weighted by molar-refractivity contribution is 5.62. The monoisotopic (exact) mass is 329 g/mol. The second-order valence-corrected chi connectivity index (χ2v) is 5.04. The number of para-hydroxylation sites is 1. The Kier molecular flexibility index (Phi) is 5.68. The van der Waals surface area contributed by atoms with Crippen LogP contribution in [0, 0.1) is 27.3 Å². The summed E-state index contributed by atoms with van der Waals surface area (Å²) in [6.45, 7) is 2.10. The van der Waals surface area contributed by atoms with Gasteiger partial charge in [0.05, 0.1) is 4.92 Å². The predicted molar refractivity (Wildman–Crippen MR) is 87.1 cm³/mol. The van der Waals surface area contributed by atoms with Crippen molar-refractivity contribution in [3.05, 3.63) is 64.0 Å². The number of hydrogen-bond acceptors (Lipinski definition) is 5. The summed E-state index contributed by atoms with van der Waals surface area (Å²) < 4.78 is 19.1. The van der Waals surface area contributed by atoms with E-state index >= 15 is 0 Å². The lowest BCUT2D eigenvalue weighted by molar-refractivity contribution is -0.386. The van der Waals surface area contributed by atoms with Crippen molar-refractivity contribution in [1.29, 1.82) is 5.26 Å². The Hall–Kier alpha value is -3.14. The van der Waals surface area contributed by atoms with Gasteiger partial charge in [-0.2, -0.15) is 9.65 Å². The molecule has 124 valence electrons. The van der Waals surface area contributed by atoms with E-state index in [1.807, 2.05) is 13.0 Å². The van der Waals surface area contributed by atoms with E-state index in [1.165, 1.54) is 12.1 Å². The molecule has 1 N–H and O–H groups in total. The molecule has 0 fully saturated rings. The molecule has 6 nitrogen and oxygen atoms in total. The fourth-order valence-corrected chi connectivity index (χ4v) is 2.13. The average Bonchev–Trinajstić information content (AvgIpc) is 2.58. The van der Waals surface area contributed by atoms with Gasteiger partial charge in [-0.25, -0.2) is 0 Å². The van der Waals surface area contributed by atoms with E-state index in [-0.39, 0.29) is 12.2 Å². The fourth-order valence-electron chi connectivity index (χ4n) is 2.13. The highest BCUT2D eigenvalue weighted by Gasteiger charge is 2.19. The molecule has 0 aliphatic carbocycles. The molecule has 0 saturated heterocycles. The van der Waals surface area contributed by atoms with Crippen LogP contribution in [0.1, 0.15) is 18.9 Å². The number of anilines is 1. The quantitative estimate of drug-likeness (QED) is 0.612. The lowest BCUT2D eigenvalue weighted by Gasteiger charge is -2.12. The number of nitro benzene ring substituents is 1. The summed E-state index contributed by atoms with van der Waals surface area (Å²) in [7, 11) is 0. The van der Waals surface area contributed by atoms with Crippen LogP contribution in [-0.4, -0.2) is 11.0 Å². The third kappa shape index (κ3) is 4.20. The van der Waals surface area contributed by atoms with Crippen LogP contribution in [0.25, 0.3) is 0 Å². The number of ether oxygens (including phenoxy) is 1. The second kappa shape index (κ2) is 7.92. The van der Waals surface area contributed by atoms with E-state index in [2.05, 4.69) is 5.32 Å². The van der Waals surface area contributed by atoms with Gasteiger partial charge in [0, 0.05) is 6.54 Å². The molecule has 1 atom stereocenters. The smallest absolute Gasteiger partial charge is 0.327 e. The first-order valence-electron chi connectivity index (χ1n) is 7.37. The molecule has 0 saturated carbocycles. The maximum absolute atomic E-state index is 13.6. The number of nitriles is 1. The van der Waals surface area contributed by atoms with Crippen molar-refractivity contribution < 1.29 is 14.1 Å². The first-order valence-corrected chi connectivity index (χ1v) is 7.37. The maximum Gasteiger partial charge on any atom is 0.327 e. The number of nitro groups is 1. The number of nitrogens with zero attached hydrogens (tertiary/aromatic N) is 2. The summed E-state index contributed by atoms with van der Waals surface area (Å²) in [5.74, 6) is -0.349. The van der Waals surface area contributed by atoms with Crippen LogP contribution in [0.4, 0.5) is 15.8 Å². The lowest BCUT2D eigenvalue weighted by atomic mass is 10.2. The minimum absolute atomic E-state index is 0.106. The van der Waals surface area contributed by atoms with Gasteiger partial charge in [-0.1, -0.05) is 25.1 Å². The van der Waals surface area contributed by atoms with Gasteiger partial charge < -0.3 is 10.1 Å². The molecular weight excluding hydrogens is 313 g/mol. The van der Waals surface area contributed by atoms with Crippen molar-refractivity contribution >= 4 is 11.4 Å². The molecule has 24 heavy (non-hydrogen) atoms. The number of nitrogens with one attached hydrogen (secondary N) is 1. The normalized spacial score (nSPS) is 11.4. The van der Waals surface area contributed by atoms with Gasteiger partial charge in [-0.3, -0.25) is 10.1 Å². The van der Waals surface area contributed by atoms with Crippen molar-refractivity contribution in [3.8, 4) is 11.8 Å². The Morgan fingerprint density at radius 1 is 1.38 bits per heavy atom. The molecule has 2 aromatic carbocycles. The zero-order valence-corrected chi connectivity index (χ0v) is 13.0. The predicted octanol–water partition coefficient (Wildman–Crippen LogP) is 4.03. The standard InChI is InChI=1S/C17H16FN3O3/c1-2-13(10-19)24-14-6-3-5-12(9-14)11-20-16-8-4-7-15(18)17(16)21(22)23/h3-9,13,20H,2,11H2,1H3. The maximum atomic E-state index is 13.6. The molecule has 0 spiro atoms. The van der Waals surface area contributed by atoms with Crippen LogP contribution in [0.2, 0.25) is 0 Å². The summed E-state index contributed by atoms with van der Waals surface area (Å²) in [6, 6.07) is 13.0. The zero-order valence-electron chi connectivity index (χ0n) is 13.0. The number of rotatable bonds is 7. The van der Waals surface area contributed by atoms with Gasteiger partial charge in [0.1, 0.15) is 17.5 Å². The Labute approximate surface area is 138 Å². The van der Waals surface area contributed by atoms with Gasteiger partial charge >= 0.3 is 5.69 Å². The summed E-state index contributed by atoms with van der Waals surface area (Å²) in [4.78, 5) is 10.2. The molecule has 0 radical (unpaired) electrons. The number of hydrogen-bond donors (Lipinski definition) is 1. The van der Waals surface area contributed by atoms with Crippen LogP contribution in [0.15, 0.2) is 42.5 Å². The van der Waals surface area contributed by atoms with Gasteiger partial charge in [0.25, 0.3) is 0 Å². The van der Waals surface area contributed by atoms with Crippen LogP contribution in [-0.2, 0) is 6.54 Å². The third-order valence-corrected chi connectivity index (χ3v) is 3.34. The molecular formula is C17H16FN3O3. The molecule has 0 aromatic heterocycles. The summed E-state index contributed by atoms with van der Waals surface area (Å²) >= 11 is 0. The molecule has 0 amide bonds. The zero-order chi connectivity index (χ0) is 17.5. The van der Waals surface area contributed by atoms with Crippen LogP contribution < -0.4 is 10.1 Å². The average molecular weight is 329 g/mol. The topological polar surface area (TPSA) is 88.2 Å². The summed E-state index contributed by atoms with van der Waals surface area (Å²) in [6.07, 6.45) is 0.0339. The van der Waals surface area contributed by atoms with Gasteiger partial charge in [0.15, 0.2) is 6.10 Å². The Bertz CT molecular complexity index is 774. The number of halogens is 1.